The first-order chi connectivity index (χ1) is 4.16. The van der Waals surface area contributed by atoms with Crippen LogP contribution in [0.4, 0.5) is 4.79 Å². The van der Waals surface area contributed by atoms with Gasteiger partial charge in [-0.2, -0.15) is 0 Å². The number of hydrogen-bond acceptors (Lipinski definition) is 2. The molecule has 0 spiro atoms. The van der Waals surface area contributed by atoms with Gasteiger partial charge in [-0.05, 0) is 13.0 Å². The van der Waals surface area contributed by atoms with Crippen molar-refractivity contribution < 1.29 is 14.7 Å². The Bertz CT molecular complexity index is 150. The van der Waals surface area contributed by atoms with E-state index >= 15 is 0 Å². The third kappa shape index (κ3) is 4.53. The maximum absolute atomic E-state index is 10.3. The summed E-state index contributed by atoms with van der Waals surface area (Å²) in [5.74, 6) is -0.620. The van der Waals surface area contributed by atoms with Crippen LogP contribution in [-0.4, -0.2) is 17.1 Å². The average Bonchev–Trinajstić information content (AvgIpc) is 1.63. The summed E-state index contributed by atoms with van der Waals surface area (Å²) in [5.41, 5.74) is 0. The molecule has 2 amide bonds. The van der Waals surface area contributed by atoms with Crippen LogP contribution in [-0.2, 0) is 4.79 Å². The molecule has 0 saturated heterocycles. The summed E-state index contributed by atoms with van der Waals surface area (Å²) in [6, 6.07) is 0. The summed E-state index contributed by atoms with van der Waals surface area (Å²) in [7, 11) is 0. The molecule has 0 fully saturated rings. The van der Waals surface area contributed by atoms with Crippen molar-refractivity contribution in [3.05, 3.63) is 12.2 Å². The van der Waals surface area contributed by atoms with Gasteiger partial charge in [0.05, 0.1) is 0 Å². The number of carboxylic acid groups (broad SMARTS) is 1. The summed E-state index contributed by atoms with van der Waals surface area (Å²) < 4.78 is 0. The summed E-state index contributed by atoms with van der Waals surface area (Å²) >= 11 is 0. The molecular formula is C5H7NO3. The molecule has 0 heterocycles. The fourth-order valence-corrected chi connectivity index (χ4v) is 0.298. The van der Waals surface area contributed by atoms with Crippen LogP contribution in [0.2, 0.25) is 0 Å². The molecule has 0 atom stereocenters. The Balaban J connectivity index is 3.64. The van der Waals surface area contributed by atoms with E-state index in [0.717, 1.165) is 6.08 Å². The Kier molecular flexibility index (Phi) is 3.12. The molecule has 0 bridgehead atoms. The third-order valence-corrected chi connectivity index (χ3v) is 0.548. The van der Waals surface area contributed by atoms with Crippen LogP contribution >= 0.6 is 0 Å². The van der Waals surface area contributed by atoms with Crippen LogP contribution < -0.4 is 5.32 Å². The van der Waals surface area contributed by atoms with E-state index in [1.165, 1.54) is 6.08 Å². The highest BCUT2D eigenvalue weighted by Crippen LogP contribution is 1.70. The summed E-state index contributed by atoms with van der Waals surface area (Å²) in [5, 5.41) is 9.58. The van der Waals surface area contributed by atoms with Gasteiger partial charge in [-0.3, -0.25) is 10.1 Å². The lowest BCUT2D eigenvalue weighted by atomic mass is 10.5. The lowest BCUT2D eigenvalue weighted by Gasteiger charge is -1.89. The fraction of sp³-hybridized carbons (Fsp3) is 0.200. The minimum absolute atomic E-state index is 0.620. The molecular weight excluding hydrogens is 122 g/mol. The molecule has 0 aromatic carbocycles. The topological polar surface area (TPSA) is 66.4 Å². The van der Waals surface area contributed by atoms with Crippen LogP contribution in [0.5, 0.6) is 0 Å². The van der Waals surface area contributed by atoms with Crippen molar-refractivity contribution in [3.63, 3.8) is 0 Å². The Morgan fingerprint density at radius 1 is 1.56 bits per heavy atom. The van der Waals surface area contributed by atoms with Gasteiger partial charge in [0.1, 0.15) is 0 Å². The van der Waals surface area contributed by atoms with E-state index in [-0.39, 0.29) is 0 Å². The van der Waals surface area contributed by atoms with Crippen LogP contribution in [0, 0.1) is 0 Å². The van der Waals surface area contributed by atoms with Crippen molar-refractivity contribution in [1.82, 2.24) is 5.32 Å². The van der Waals surface area contributed by atoms with Crippen molar-refractivity contribution >= 4 is 12.0 Å². The van der Waals surface area contributed by atoms with E-state index in [1.54, 1.807) is 12.2 Å². The van der Waals surface area contributed by atoms with Crippen molar-refractivity contribution in [1.29, 1.82) is 0 Å². The molecule has 0 aliphatic rings. The second-order valence-corrected chi connectivity index (χ2v) is 1.29. The van der Waals surface area contributed by atoms with E-state index in [1.807, 2.05) is 0 Å². The number of hydrogen-bond donors (Lipinski definition) is 2. The smallest absolute Gasteiger partial charge is 0.411 e. The number of rotatable bonds is 1. The van der Waals surface area contributed by atoms with Gasteiger partial charge in [0.25, 0.3) is 5.91 Å². The number of carbonyl (C=O) groups excluding carboxylic acids is 1. The van der Waals surface area contributed by atoms with Gasteiger partial charge in [0, 0.05) is 0 Å². The molecule has 4 heteroatoms. The highest BCUT2D eigenvalue weighted by molar-refractivity contribution is 5.97. The van der Waals surface area contributed by atoms with Gasteiger partial charge in [-0.15, -0.1) is 0 Å². The Labute approximate surface area is 52.2 Å². The molecule has 0 radical (unpaired) electrons. The monoisotopic (exact) mass is 129 g/mol. The molecule has 0 unspecified atom stereocenters. The number of carbonyl (C=O) groups is 2. The lowest BCUT2D eigenvalue weighted by Crippen LogP contribution is -2.26. The molecule has 50 valence electrons. The Morgan fingerprint density at radius 3 is 2.44 bits per heavy atom. The number of imide groups is 1. The van der Waals surface area contributed by atoms with Crippen LogP contribution in [0.25, 0.3) is 0 Å². The van der Waals surface area contributed by atoms with Gasteiger partial charge in [-0.1, -0.05) is 6.08 Å². The van der Waals surface area contributed by atoms with E-state index < -0.39 is 12.0 Å². The van der Waals surface area contributed by atoms with Gasteiger partial charge in [0.15, 0.2) is 0 Å². The zero-order valence-corrected chi connectivity index (χ0v) is 4.92. The molecule has 0 saturated carbocycles. The number of nitrogens with one attached hydrogen (secondary N) is 1. The quantitative estimate of drug-likeness (QED) is 0.502. The third-order valence-electron chi connectivity index (χ3n) is 0.548. The predicted octanol–water partition coefficient (Wildman–Crippen LogP) is 0.357. The molecule has 0 aliphatic heterocycles. The van der Waals surface area contributed by atoms with E-state index in [0.29, 0.717) is 0 Å². The van der Waals surface area contributed by atoms with Crippen LogP contribution in [0.15, 0.2) is 12.2 Å². The molecule has 0 aliphatic carbocycles. The maximum atomic E-state index is 10.3. The highest BCUT2D eigenvalue weighted by atomic mass is 16.4. The zero-order chi connectivity index (χ0) is 7.28. The van der Waals surface area contributed by atoms with E-state index in [4.69, 9.17) is 5.11 Å². The maximum Gasteiger partial charge on any atom is 0.411 e. The van der Waals surface area contributed by atoms with Crippen molar-refractivity contribution in [2.24, 2.45) is 0 Å². The molecule has 0 aromatic rings. The first kappa shape index (κ1) is 7.68. The largest absolute Gasteiger partial charge is 0.465 e. The number of amides is 2. The fourth-order valence-electron chi connectivity index (χ4n) is 0.298. The first-order valence-corrected chi connectivity index (χ1v) is 2.33. The molecule has 0 aromatic heterocycles. The van der Waals surface area contributed by atoms with Crippen LogP contribution in [0.3, 0.4) is 0 Å². The lowest BCUT2D eigenvalue weighted by molar-refractivity contribution is -0.115. The highest BCUT2D eigenvalue weighted by Gasteiger charge is 1.97. The van der Waals surface area contributed by atoms with Gasteiger partial charge in [0.2, 0.25) is 0 Å². The first-order valence-electron chi connectivity index (χ1n) is 2.33. The SMILES string of the molecule is CC=CC(=O)NC(=O)O. The minimum Gasteiger partial charge on any atom is -0.465 e. The van der Waals surface area contributed by atoms with Crippen LogP contribution in [0.1, 0.15) is 6.92 Å². The zero-order valence-electron chi connectivity index (χ0n) is 4.92. The van der Waals surface area contributed by atoms with Gasteiger partial charge in [-0.25, -0.2) is 4.79 Å². The summed E-state index contributed by atoms with van der Waals surface area (Å²) in [6.45, 7) is 1.63. The average molecular weight is 129 g/mol. The van der Waals surface area contributed by atoms with Gasteiger partial charge >= 0.3 is 6.09 Å². The van der Waals surface area contributed by atoms with E-state index in [2.05, 4.69) is 0 Å². The van der Waals surface area contributed by atoms with Crippen molar-refractivity contribution in [2.45, 2.75) is 6.92 Å². The number of allylic oxidation sites excluding steroid dienone is 1. The molecule has 2 N–H and O–H groups in total. The second kappa shape index (κ2) is 3.65. The predicted molar refractivity (Wildman–Crippen MR) is 31.0 cm³/mol. The Morgan fingerprint density at radius 2 is 2.11 bits per heavy atom. The standard InChI is InChI=1S/C5H7NO3/c1-2-3-4(7)6-5(8)9/h2-3H,1H3,(H,6,7)(H,8,9). The second-order valence-electron chi connectivity index (χ2n) is 1.29. The molecule has 9 heavy (non-hydrogen) atoms. The molecule has 0 rings (SSSR count). The normalized spacial score (nSPS) is 9.44. The molecule has 4 nitrogen and oxygen atoms in total. The van der Waals surface area contributed by atoms with Crippen molar-refractivity contribution in [2.75, 3.05) is 0 Å². The Hall–Kier alpha value is -1.32. The van der Waals surface area contributed by atoms with Crippen molar-refractivity contribution in [3.8, 4) is 0 Å². The minimum atomic E-state index is -1.34. The summed E-state index contributed by atoms with van der Waals surface area (Å²) in [4.78, 5) is 20.0. The van der Waals surface area contributed by atoms with E-state index in [9.17, 15) is 9.59 Å². The van der Waals surface area contributed by atoms with Gasteiger partial charge < -0.3 is 5.11 Å². The summed E-state index contributed by atoms with van der Waals surface area (Å²) in [6.07, 6.45) is 1.25.